The number of hydrogen-bond acceptors (Lipinski definition) is 4. The zero-order chi connectivity index (χ0) is 9.16. The lowest BCUT2D eigenvalue weighted by molar-refractivity contribution is -0.154. The molecule has 0 amide bonds. The van der Waals surface area contributed by atoms with Crippen molar-refractivity contribution >= 4 is 24.6 Å². The largest absolute Gasteiger partial charge is 0.393 e. The summed E-state index contributed by atoms with van der Waals surface area (Å²) < 4.78 is 4.65. The molecule has 2 aliphatic carbocycles. The van der Waals surface area contributed by atoms with Crippen molar-refractivity contribution in [2.75, 3.05) is 0 Å². The zero-order valence-electron chi connectivity index (χ0n) is 6.97. The van der Waals surface area contributed by atoms with Gasteiger partial charge in [-0.3, -0.25) is 9.59 Å². The van der Waals surface area contributed by atoms with Gasteiger partial charge >= 0.3 is 11.9 Å². The van der Waals surface area contributed by atoms with Crippen LogP contribution in [0.1, 0.15) is 12.8 Å². The molecule has 1 aliphatic heterocycles. The number of carbonyl (C=O) groups is 2. The Labute approximate surface area is 81.2 Å². The van der Waals surface area contributed by atoms with Crippen LogP contribution < -0.4 is 0 Å². The van der Waals surface area contributed by atoms with E-state index in [0.29, 0.717) is 11.2 Å². The summed E-state index contributed by atoms with van der Waals surface area (Å²) in [6.45, 7) is 0. The molecule has 3 rings (SSSR count). The van der Waals surface area contributed by atoms with Gasteiger partial charge < -0.3 is 4.74 Å². The van der Waals surface area contributed by atoms with Crippen LogP contribution in [0.5, 0.6) is 0 Å². The Balaban J connectivity index is 2.00. The molecular formula is C9H10O3S. The number of carbonyl (C=O) groups excluding carboxylic acids is 2. The van der Waals surface area contributed by atoms with Crippen LogP contribution in [0.2, 0.25) is 0 Å². The second-order valence-corrected chi connectivity index (χ2v) is 4.92. The third-order valence-corrected chi connectivity index (χ3v) is 4.31. The van der Waals surface area contributed by atoms with Gasteiger partial charge in [0, 0.05) is 5.25 Å². The summed E-state index contributed by atoms with van der Waals surface area (Å²) in [4.78, 5) is 22.6. The van der Waals surface area contributed by atoms with Gasteiger partial charge in [-0.1, -0.05) is 0 Å². The van der Waals surface area contributed by atoms with Gasteiger partial charge in [0.05, 0.1) is 11.8 Å². The van der Waals surface area contributed by atoms with Gasteiger partial charge in [0.25, 0.3) is 0 Å². The van der Waals surface area contributed by atoms with E-state index in [1.165, 1.54) is 0 Å². The number of rotatable bonds is 0. The molecule has 1 heterocycles. The molecule has 2 unspecified atom stereocenters. The highest BCUT2D eigenvalue weighted by molar-refractivity contribution is 7.81. The molecule has 70 valence electrons. The van der Waals surface area contributed by atoms with Gasteiger partial charge in [0.2, 0.25) is 0 Å². The minimum atomic E-state index is -0.304. The molecule has 2 bridgehead atoms. The number of esters is 2. The lowest BCUT2D eigenvalue weighted by Crippen LogP contribution is -2.30. The fraction of sp³-hybridized carbons (Fsp3) is 0.778. The summed E-state index contributed by atoms with van der Waals surface area (Å²) in [6.07, 6.45) is 1.96. The smallest absolute Gasteiger partial charge is 0.317 e. The Morgan fingerprint density at radius 1 is 1.15 bits per heavy atom. The number of hydrogen-bond donors (Lipinski definition) is 1. The molecule has 0 aromatic carbocycles. The number of ether oxygens (including phenoxy) is 1. The summed E-state index contributed by atoms with van der Waals surface area (Å²) in [5.74, 6) is -0.229. The van der Waals surface area contributed by atoms with Gasteiger partial charge in [-0.25, -0.2) is 0 Å². The maximum Gasteiger partial charge on any atom is 0.317 e. The topological polar surface area (TPSA) is 43.4 Å². The Morgan fingerprint density at radius 3 is 2.62 bits per heavy atom. The van der Waals surface area contributed by atoms with Crippen LogP contribution in [-0.2, 0) is 14.3 Å². The lowest BCUT2D eigenvalue weighted by atomic mass is 9.81. The van der Waals surface area contributed by atoms with Crippen LogP contribution in [-0.4, -0.2) is 17.2 Å². The second kappa shape index (κ2) is 2.29. The van der Waals surface area contributed by atoms with Crippen molar-refractivity contribution in [2.45, 2.75) is 18.1 Å². The van der Waals surface area contributed by atoms with E-state index in [1.807, 2.05) is 0 Å². The van der Waals surface area contributed by atoms with E-state index in [9.17, 15) is 9.59 Å². The minimum absolute atomic E-state index is 0.124. The molecule has 13 heavy (non-hydrogen) atoms. The summed E-state index contributed by atoms with van der Waals surface area (Å²) in [6, 6.07) is 0. The monoisotopic (exact) mass is 198 g/mol. The number of thiol groups is 1. The summed E-state index contributed by atoms with van der Waals surface area (Å²) in [5.41, 5.74) is 0. The predicted octanol–water partition coefficient (Wildman–Crippen LogP) is 0.640. The molecular weight excluding hydrogens is 188 g/mol. The summed E-state index contributed by atoms with van der Waals surface area (Å²) in [5, 5.41) is 0.296. The zero-order valence-corrected chi connectivity index (χ0v) is 7.87. The van der Waals surface area contributed by atoms with Crippen LogP contribution in [0, 0.1) is 23.7 Å². The maximum atomic E-state index is 11.3. The summed E-state index contributed by atoms with van der Waals surface area (Å²) in [7, 11) is 0. The average Bonchev–Trinajstić information content (AvgIpc) is 2.64. The van der Waals surface area contributed by atoms with E-state index in [2.05, 4.69) is 17.4 Å². The molecule has 5 atom stereocenters. The molecule has 2 saturated carbocycles. The first-order chi connectivity index (χ1) is 6.18. The van der Waals surface area contributed by atoms with Gasteiger partial charge in [-0.05, 0) is 24.7 Å². The molecule has 1 saturated heterocycles. The molecule has 0 radical (unpaired) electrons. The Hall–Kier alpha value is -0.510. The molecule has 3 nitrogen and oxygen atoms in total. The standard InChI is InChI=1S/C9H10O3S/c10-8-6-3-1-4(5(13)2-3)7(6)9(11)12-8/h3-7,13H,1-2H2/t3?,4?,5-,6-,7+/m0/s1. The van der Waals surface area contributed by atoms with Gasteiger partial charge in [0.1, 0.15) is 0 Å². The van der Waals surface area contributed by atoms with E-state index in [0.717, 1.165) is 12.8 Å². The Kier molecular flexibility index (Phi) is 1.38. The Bertz CT molecular complexity index is 301. The number of cyclic esters (lactones) is 2. The molecule has 0 aromatic heterocycles. The SMILES string of the molecule is O=C1OC(=O)[C@H]2C3CC([C@@H]12)[C@@H](S)C3. The quantitative estimate of drug-likeness (QED) is 0.353. The van der Waals surface area contributed by atoms with Gasteiger partial charge in [-0.2, -0.15) is 12.6 Å². The first-order valence-electron chi connectivity index (χ1n) is 4.62. The van der Waals surface area contributed by atoms with Crippen molar-refractivity contribution in [1.29, 1.82) is 0 Å². The van der Waals surface area contributed by atoms with E-state index in [-0.39, 0.29) is 29.7 Å². The molecule has 3 aliphatic rings. The maximum absolute atomic E-state index is 11.3. The second-order valence-electron chi connectivity index (χ2n) is 4.25. The van der Waals surface area contributed by atoms with E-state index < -0.39 is 0 Å². The Morgan fingerprint density at radius 2 is 1.85 bits per heavy atom. The molecule has 0 N–H and O–H groups in total. The fourth-order valence-electron chi connectivity index (χ4n) is 3.22. The molecule has 0 aromatic rings. The molecule has 4 heteroatoms. The van der Waals surface area contributed by atoms with Crippen molar-refractivity contribution in [3.8, 4) is 0 Å². The lowest BCUT2D eigenvalue weighted by Gasteiger charge is -2.23. The average molecular weight is 198 g/mol. The van der Waals surface area contributed by atoms with Gasteiger partial charge in [-0.15, -0.1) is 0 Å². The van der Waals surface area contributed by atoms with Crippen LogP contribution in [0.3, 0.4) is 0 Å². The molecule has 0 spiro atoms. The molecule has 3 fully saturated rings. The van der Waals surface area contributed by atoms with Crippen molar-refractivity contribution in [1.82, 2.24) is 0 Å². The van der Waals surface area contributed by atoms with E-state index >= 15 is 0 Å². The normalized spacial score (nSPS) is 52.5. The van der Waals surface area contributed by atoms with E-state index in [4.69, 9.17) is 0 Å². The first kappa shape index (κ1) is 7.85. The number of fused-ring (bicyclic) bond motifs is 5. The third-order valence-electron chi connectivity index (χ3n) is 3.71. The predicted molar refractivity (Wildman–Crippen MR) is 47.1 cm³/mol. The van der Waals surface area contributed by atoms with Crippen LogP contribution in [0.4, 0.5) is 0 Å². The van der Waals surface area contributed by atoms with E-state index in [1.54, 1.807) is 0 Å². The van der Waals surface area contributed by atoms with Crippen molar-refractivity contribution < 1.29 is 14.3 Å². The minimum Gasteiger partial charge on any atom is -0.393 e. The fourth-order valence-corrected chi connectivity index (χ4v) is 3.80. The summed E-state index contributed by atoms with van der Waals surface area (Å²) >= 11 is 4.43. The van der Waals surface area contributed by atoms with Crippen molar-refractivity contribution in [2.24, 2.45) is 23.7 Å². The third kappa shape index (κ3) is 0.822. The van der Waals surface area contributed by atoms with Gasteiger partial charge in [0.15, 0.2) is 0 Å². The van der Waals surface area contributed by atoms with Crippen molar-refractivity contribution in [3.05, 3.63) is 0 Å². The first-order valence-corrected chi connectivity index (χ1v) is 5.13. The van der Waals surface area contributed by atoms with Crippen molar-refractivity contribution in [3.63, 3.8) is 0 Å². The van der Waals surface area contributed by atoms with Crippen LogP contribution in [0.15, 0.2) is 0 Å². The van der Waals surface area contributed by atoms with Crippen LogP contribution >= 0.6 is 12.6 Å². The van der Waals surface area contributed by atoms with Crippen LogP contribution in [0.25, 0.3) is 0 Å². The highest BCUT2D eigenvalue weighted by Crippen LogP contribution is 2.56. The highest BCUT2D eigenvalue weighted by atomic mass is 32.1. The highest BCUT2D eigenvalue weighted by Gasteiger charge is 2.62.